The molecule has 0 atom stereocenters. The van der Waals surface area contributed by atoms with Crippen molar-refractivity contribution in [2.45, 2.75) is 38.5 Å². The van der Waals surface area contributed by atoms with Crippen LogP contribution < -0.4 is 0 Å². The van der Waals surface area contributed by atoms with Crippen LogP contribution in [-0.2, 0) is 10.8 Å². The third-order valence-corrected chi connectivity index (χ3v) is 20.5. The molecule has 0 amide bonds. The van der Waals surface area contributed by atoms with Gasteiger partial charge in [-0.15, -0.1) is 0 Å². The minimum atomic E-state index is -0.0987. The van der Waals surface area contributed by atoms with E-state index >= 15 is 0 Å². The Kier molecular flexibility index (Phi) is 10.6. The molecule has 4 nitrogen and oxygen atoms in total. The Morgan fingerprint density at radius 2 is 0.689 bits per heavy atom. The summed E-state index contributed by atoms with van der Waals surface area (Å²) in [6, 6.07) is 104. The minimum Gasteiger partial charge on any atom is -0.309 e. The van der Waals surface area contributed by atoms with Gasteiger partial charge in [0.1, 0.15) is 0 Å². The van der Waals surface area contributed by atoms with Crippen LogP contribution in [0.15, 0.2) is 279 Å². The Labute approximate surface area is 522 Å². The predicted molar refractivity (Wildman–Crippen MR) is 375 cm³/mol. The van der Waals surface area contributed by atoms with Gasteiger partial charge in [-0.05, 0) is 161 Å². The zero-order valence-corrected chi connectivity index (χ0v) is 50.3. The highest BCUT2D eigenvalue weighted by Crippen LogP contribution is 2.54. The maximum atomic E-state index is 5.55. The second kappa shape index (κ2) is 18.7. The summed E-state index contributed by atoms with van der Waals surface area (Å²) in [5.41, 5.74) is 32.2. The molecular formula is C86H58N4. The summed E-state index contributed by atoms with van der Waals surface area (Å²) in [6.07, 6.45) is 0. The molecule has 422 valence electrons. The van der Waals surface area contributed by atoms with Crippen molar-refractivity contribution in [2.75, 3.05) is 0 Å². The van der Waals surface area contributed by atoms with Crippen LogP contribution >= 0.6 is 0 Å². The third-order valence-electron chi connectivity index (χ3n) is 20.5. The first-order chi connectivity index (χ1) is 44.1. The fraction of sp³-hybridized carbons (Fsp3) is 0.0698. The topological polar surface area (TPSA) is 35.6 Å². The van der Waals surface area contributed by atoms with Gasteiger partial charge in [-0.25, -0.2) is 9.97 Å². The van der Waals surface area contributed by atoms with Gasteiger partial charge < -0.3 is 9.13 Å². The lowest BCUT2D eigenvalue weighted by Gasteiger charge is -2.22. The second-order valence-electron chi connectivity index (χ2n) is 26.0. The molecule has 16 aromatic rings. The van der Waals surface area contributed by atoms with E-state index in [1.54, 1.807) is 0 Å². The standard InChI is InChI=1S/C86H58N4/c1-85(2)72-28-12-8-22-61(72)63-40-38-58(49-74(63)85)89-76-30-14-10-24-65(76)70-47-55(36-44-78(70)89)51-32-34-52(35-33-51)60-42-43-68-80-67(60)26-17-27-69(80)83-81(68)82(87-84(88-83)53-18-6-5-7-19-53)57-21-16-20-54(46-57)56-37-45-79-71(48-56)66-25-11-15-31-77(66)90(79)59-39-41-64-62-23-9-13-29-73(62)86(3,4)75(64)50-59/h5-50H,1-4H3. The number of hydrogen-bond donors (Lipinski definition) is 0. The Hall–Kier alpha value is -11.2. The summed E-state index contributed by atoms with van der Waals surface area (Å²) in [4.78, 5) is 11.0. The first-order valence-electron chi connectivity index (χ1n) is 31.5. The maximum absolute atomic E-state index is 5.55. The lowest BCUT2D eigenvalue weighted by atomic mass is 9.82. The van der Waals surface area contributed by atoms with Gasteiger partial charge in [0, 0.05) is 66.0 Å². The van der Waals surface area contributed by atoms with Gasteiger partial charge in [0.25, 0.3) is 0 Å². The van der Waals surface area contributed by atoms with Crippen LogP contribution in [0.1, 0.15) is 49.9 Å². The molecule has 3 heterocycles. The summed E-state index contributed by atoms with van der Waals surface area (Å²) >= 11 is 0. The molecule has 0 unspecified atom stereocenters. The van der Waals surface area contributed by atoms with E-state index in [9.17, 15) is 0 Å². The van der Waals surface area contributed by atoms with Crippen molar-refractivity contribution in [2.24, 2.45) is 0 Å². The summed E-state index contributed by atoms with van der Waals surface area (Å²) in [7, 11) is 0. The average molecular weight is 1150 g/mol. The Bertz CT molecular complexity index is 5770. The van der Waals surface area contributed by atoms with E-state index in [2.05, 4.69) is 316 Å². The van der Waals surface area contributed by atoms with E-state index in [0.29, 0.717) is 5.82 Å². The van der Waals surface area contributed by atoms with Gasteiger partial charge in [0.15, 0.2) is 5.82 Å². The molecule has 3 aliphatic rings. The summed E-state index contributed by atoms with van der Waals surface area (Å²) in [6.45, 7) is 9.44. The molecule has 0 radical (unpaired) electrons. The highest BCUT2D eigenvalue weighted by atomic mass is 15.0. The molecule has 0 spiro atoms. The number of hydrogen-bond acceptors (Lipinski definition) is 2. The van der Waals surface area contributed by atoms with Crippen LogP contribution in [0.25, 0.3) is 166 Å². The Morgan fingerprint density at radius 3 is 1.32 bits per heavy atom. The van der Waals surface area contributed by atoms with Crippen molar-refractivity contribution in [3.63, 3.8) is 0 Å². The molecule has 0 saturated carbocycles. The van der Waals surface area contributed by atoms with E-state index in [1.165, 1.54) is 133 Å². The van der Waals surface area contributed by atoms with Gasteiger partial charge in [0.2, 0.25) is 0 Å². The van der Waals surface area contributed by atoms with E-state index in [0.717, 1.165) is 50.3 Å². The molecule has 0 aliphatic heterocycles. The summed E-state index contributed by atoms with van der Waals surface area (Å²) in [5.74, 6) is 0.713. The molecule has 0 N–H and O–H groups in total. The molecule has 90 heavy (non-hydrogen) atoms. The van der Waals surface area contributed by atoms with Crippen molar-refractivity contribution in [3.05, 3.63) is 301 Å². The van der Waals surface area contributed by atoms with E-state index in [-0.39, 0.29) is 10.8 Å². The van der Waals surface area contributed by atoms with Gasteiger partial charge >= 0.3 is 0 Å². The van der Waals surface area contributed by atoms with Crippen molar-refractivity contribution < 1.29 is 0 Å². The number of nitrogens with zero attached hydrogens (tertiary/aromatic N) is 4. The summed E-state index contributed by atoms with van der Waals surface area (Å²) < 4.78 is 4.91. The van der Waals surface area contributed by atoms with Crippen LogP contribution in [0.2, 0.25) is 0 Å². The SMILES string of the molecule is CC1(C)c2ccccc2-c2ccc(-n3c4ccccc4c4cc(-c5ccc(-c6ccc7c8c(cccc68)-c6nc(-c8ccccc8)nc(-c8cccc(-c9ccc%10c(c9)c9ccccc9n%10-c9ccc%10c(c9)C(C)(C)c9ccccc9-%10)c8)c6-7)cc5)ccc43)cc21. The van der Waals surface area contributed by atoms with Crippen LogP contribution in [0.5, 0.6) is 0 Å². The van der Waals surface area contributed by atoms with E-state index < -0.39 is 0 Å². The monoisotopic (exact) mass is 1150 g/mol. The molecule has 0 fully saturated rings. The Morgan fingerprint density at radius 1 is 0.256 bits per heavy atom. The quantitative estimate of drug-likeness (QED) is 0.159. The first kappa shape index (κ1) is 50.9. The van der Waals surface area contributed by atoms with Crippen LogP contribution in [0.4, 0.5) is 0 Å². The molecular weight excluding hydrogens is 1090 g/mol. The Balaban J connectivity index is 0.684. The minimum absolute atomic E-state index is 0.0847. The molecule has 0 bridgehead atoms. The van der Waals surface area contributed by atoms with Gasteiger partial charge in [0.05, 0.1) is 33.5 Å². The zero-order chi connectivity index (χ0) is 59.7. The van der Waals surface area contributed by atoms with Crippen LogP contribution in [-0.4, -0.2) is 19.1 Å². The molecule has 13 aromatic carbocycles. The summed E-state index contributed by atoms with van der Waals surface area (Å²) in [5, 5.41) is 7.36. The first-order valence-corrected chi connectivity index (χ1v) is 31.5. The number of aromatic nitrogens is 4. The number of benzene rings is 13. The highest BCUT2D eigenvalue weighted by molar-refractivity contribution is 6.20. The zero-order valence-electron chi connectivity index (χ0n) is 50.3. The molecule has 19 rings (SSSR count). The molecule has 0 saturated heterocycles. The van der Waals surface area contributed by atoms with Crippen molar-refractivity contribution in [3.8, 4) is 112 Å². The van der Waals surface area contributed by atoms with Crippen LogP contribution in [0, 0.1) is 0 Å². The highest BCUT2D eigenvalue weighted by Gasteiger charge is 2.37. The fourth-order valence-corrected chi connectivity index (χ4v) is 16.1. The van der Waals surface area contributed by atoms with Crippen LogP contribution in [0.3, 0.4) is 0 Å². The molecule has 3 aliphatic carbocycles. The van der Waals surface area contributed by atoms with E-state index in [4.69, 9.17) is 9.97 Å². The molecule has 3 aromatic heterocycles. The van der Waals surface area contributed by atoms with Crippen molar-refractivity contribution >= 4 is 54.4 Å². The average Bonchev–Trinajstić information content (AvgIpc) is 1.66. The number of para-hydroxylation sites is 2. The van der Waals surface area contributed by atoms with Gasteiger partial charge in [-0.2, -0.15) is 0 Å². The lowest BCUT2D eigenvalue weighted by Crippen LogP contribution is -2.15. The lowest BCUT2D eigenvalue weighted by molar-refractivity contribution is 0.660. The fourth-order valence-electron chi connectivity index (χ4n) is 16.1. The maximum Gasteiger partial charge on any atom is 0.160 e. The van der Waals surface area contributed by atoms with Crippen molar-refractivity contribution in [1.29, 1.82) is 0 Å². The van der Waals surface area contributed by atoms with Gasteiger partial charge in [-0.3, -0.25) is 0 Å². The normalized spacial score (nSPS) is 13.7. The van der Waals surface area contributed by atoms with Crippen molar-refractivity contribution in [1.82, 2.24) is 19.1 Å². The smallest absolute Gasteiger partial charge is 0.160 e. The predicted octanol–water partition coefficient (Wildman–Crippen LogP) is 22.4. The number of fused-ring (bicyclic) bond motifs is 15. The number of rotatable bonds is 7. The second-order valence-corrected chi connectivity index (χ2v) is 26.0. The van der Waals surface area contributed by atoms with E-state index in [1.807, 2.05) is 0 Å². The largest absolute Gasteiger partial charge is 0.309 e. The molecule has 4 heteroatoms. The van der Waals surface area contributed by atoms with Gasteiger partial charge in [-0.1, -0.05) is 240 Å². The third kappa shape index (κ3) is 7.19.